The van der Waals surface area contributed by atoms with Gasteiger partial charge in [0, 0.05) is 99.4 Å². The SMILES string of the molecule is Cc1ccc(NC2CC3CC2N(C(=O)c2cc(C)cnc2-c2ncco2)C3)nc1.Cc1ccc(NC2CC3CC2N(C(=O)c2nc(C)ccc2-c2ncco2)C3)nc1.Cc1ccc(NC2CC3CC2N(C(=O)c2nccc(C)c2-c2ncco2)C3)nc1.Cc1ccc(NC2CC3CC2N(C(=O)c2ncccc2-c2ncco2)C3)nc1. The number of anilines is 4. The largest absolute Gasteiger partial charge is 0.444 e. The Labute approximate surface area is 665 Å². The fourth-order valence-corrected chi connectivity index (χ4v) is 18.1. The minimum atomic E-state index is -0.0651. The molecule has 586 valence electrons. The van der Waals surface area contributed by atoms with Crippen LogP contribution in [0.5, 0.6) is 0 Å². The number of rotatable bonds is 16. The molecule has 28 heteroatoms. The van der Waals surface area contributed by atoms with Crippen LogP contribution in [0.3, 0.4) is 0 Å². The van der Waals surface area contributed by atoms with Crippen molar-refractivity contribution in [3.63, 3.8) is 0 Å². The zero-order chi connectivity index (χ0) is 79.0. The zero-order valence-electron chi connectivity index (χ0n) is 65.1. The normalized spacial score (nSPS) is 22.9. The van der Waals surface area contributed by atoms with Crippen molar-refractivity contribution in [2.45, 2.75) is 148 Å². The average Bonchev–Trinajstić information content (AvgIpc) is 1.64. The van der Waals surface area contributed by atoms with Crippen LogP contribution in [0.4, 0.5) is 23.3 Å². The van der Waals surface area contributed by atoms with Crippen molar-refractivity contribution in [3.8, 4) is 45.9 Å². The molecule has 4 saturated carbocycles. The van der Waals surface area contributed by atoms with E-state index >= 15 is 0 Å². The molecule has 8 fully saturated rings. The molecule has 28 nitrogen and oxygen atoms in total. The number of nitrogens with zero attached hydrogens (tertiary/aromatic N) is 16. The van der Waals surface area contributed by atoms with E-state index in [0.29, 0.717) is 92.3 Å². The van der Waals surface area contributed by atoms with Gasteiger partial charge in [0.05, 0.1) is 71.2 Å². The second-order valence-electron chi connectivity index (χ2n) is 31.7. The van der Waals surface area contributed by atoms with Crippen molar-refractivity contribution in [2.75, 3.05) is 47.4 Å². The maximum atomic E-state index is 13.5. The van der Waals surface area contributed by atoms with Crippen molar-refractivity contribution in [2.24, 2.45) is 23.7 Å². The predicted octanol–water partition coefficient (Wildman–Crippen LogP) is 13.5. The summed E-state index contributed by atoms with van der Waals surface area (Å²) in [6, 6.07) is 28.6. The molecule has 4 N–H and O–H groups in total. The Morgan fingerprint density at radius 3 is 1.14 bits per heavy atom. The van der Waals surface area contributed by atoms with Crippen LogP contribution in [0.1, 0.15) is 132 Å². The Balaban J connectivity index is 0.000000111. The fraction of sp³-hybridized carbons (Fsp3) is 0.356. The molecule has 4 saturated heterocycles. The summed E-state index contributed by atoms with van der Waals surface area (Å²) < 4.78 is 21.7. The number of fused-ring (bicyclic) bond motifs is 8. The Morgan fingerprint density at radius 1 is 0.348 bits per heavy atom. The summed E-state index contributed by atoms with van der Waals surface area (Å²) in [5.74, 6) is 6.90. The van der Waals surface area contributed by atoms with Gasteiger partial charge in [-0.1, -0.05) is 24.3 Å². The number of likely N-dealkylation sites (tertiary alicyclic amines) is 4. The summed E-state index contributed by atoms with van der Waals surface area (Å²) in [5, 5.41) is 14.1. The molecule has 20 rings (SSSR count). The third-order valence-electron chi connectivity index (χ3n) is 23.4. The summed E-state index contributed by atoms with van der Waals surface area (Å²) in [7, 11) is 0. The molecule has 4 amide bonds. The van der Waals surface area contributed by atoms with Crippen molar-refractivity contribution in [1.29, 1.82) is 0 Å². The number of carbonyl (C=O) groups excluding carboxylic acids is 4. The molecule has 0 spiro atoms. The molecule has 4 aliphatic carbocycles. The van der Waals surface area contributed by atoms with E-state index in [9.17, 15) is 19.2 Å². The van der Waals surface area contributed by atoms with Gasteiger partial charge in [0.1, 0.15) is 71.1 Å². The highest BCUT2D eigenvalue weighted by Crippen LogP contribution is 2.45. The lowest BCUT2D eigenvalue weighted by molar-refractivity contribution is 0.0679. The number of oxazole rings is 4. The molecule has 0 radical (unpaired) electrons. The Hall–Kier alpha value is -12.9. The molecule has 8 bridgehead atoms. The standard InChI is InChI=1S/3C22H23N5O2.C21H21N5O2/c1-13-3-6-19(24-11-13)26-17-9-15-10-18(17)27(12-15)22(28)20-16(5-4-14(2)25-20)21-23-7-8-29-21;1-13-3-4-19(24-10-13)26-17-8-15-9-18(17)27(12-15)22(28)16-7-14(2)11-25-20(16)21-23-5-6-29-21;1-13-3-4-18(25-11-13)26-16-9-15-10-17(16)27(12-15)22(28)20-19(14(2)5-6-23-20)21-24-7-8-29-21;1-13-4-5-18(24-11-13)25-16-9-14-10-17(16)26(12-14)21(27)19-15(3-2-6-22-19)20-23-7-8-28-20/h3-8,11,15,17-18H,9-10,12H2,1-2H3,(H,24,26);3-7,10-11,15,17-18H,8-9,12H2,1-2H3,(H,24,26);3-8,11,15-17H,9-10,12H2,1-2H3,(H,25,26);2-8,11,14,16-17H,9-10,12H2,1H3,(H,24,25). The minimum absolute atomic E-state index is 0.00901. The van der Waals surface area contributed by atoms with Crippen molar-refractivity contribution < 1.29 is 36.8 Å². The van der Waals surface area contributed by atoms with E-state index in [1.807, 2.05) is 172 Å². The van der Waals surface area contributed by atoms with E-state index in [2.05, 4.69) is 81.1 Å². The van der Waals surface area contributed by atoms with E-state index in [1.165, 1.54) is 25.1 Å². The molecule has 8 aliphatic rings. The minimum Gasteiger partial charge on any atom is -0.444 e. The van der Waals surface area contributed by atoms with Crippen molar-refractivity contribution in [3.05, 3.63) is 240 Å². The van der Waals surface area contributed by atoms with Crippen LogP contribution in [0.2, 0.25) is 0 Å². The molecule has 12 unspecified atom stereocenters. The van der Waals surface area contributed by atoms with E-state index in [1.54, 1.807) is 49.4 Å². The zero-order valence-corrected chi connectivity index (χ0v) is 65.1. The first-order valence-electron chi connectivity index (χ1n) is 39.4. The average molecular weight is 1540 g/mol. The molecular weight excluding hydrogens is 1450 g/mol. The molecule has 12 aromatic rings. The first-order valence-corrected chi connectivity index (χ1v) is 39.4. The number of nitrogens with one attached hydrogen (secondary N) is 4. The van der Waals surface area contributed by atoms with Crippen molar-refractivity contribution >= 4 is 46.9 Å². The highest BCUT2D eigenvalue weighted by molar-refractivity contribution is 6.01. The van der Waals surface area contributed by atoms with Crippen LogP contribution >= 0.6 is 0 Å². The maximum Gasteiger partial charge on any atom is 0.273 e. The first-order chi connectivity index (χ1) is 55.9. The number of pyridine rings is 8. The molecular formula is C87H90N20O8. The smallest absolute Gasteiger partial charge is 0.273 e. The summed E-state index contributed by atoms with van der Waals surface area (Å²) in [6.07, 6.45) is 33.1. The number of hydrogen-bond acceptors (Lipinski definition) is 24. The summed E-state index contributed by atoms with van der Waals surface area (Å²) >= 11 is 0. The van der Waals surface area contributed by atoms with E-state index < -0.39 is 0 Å². The summed E-state index contributed by atoms with van der Waals surface area (Å²) in [4.78, 5) is 114. The predicted molar refractivity (Wildman–Crippen MR) is 429 cm³/mol. The lowest BCUT2D eigenvalue weighted by atomic mass is 10.0. The first kappa shape index (κ1) is 74.8. The second-order valence-corrected chi connectivity index (χ2v) is 31.7. The summed E-state index contributed by atoms with van der Waals surface area (Å²) in [6.45, 7) is 16.9. The number of hydrogen-bond donors (Lipinski definition) is 4. The maximum absolute atomic E-state index is 13.5. The van der Waals surface area contributed by atoms with Crippen LogP contribution in [0.15, 0.2) is 196 Å². The lowest BCUT2D eigenvalue weighted by Crippen LogP contribution is -2.48. The third kappa shape index (κ3) is 15.9. The Bertz CT molecular complexity index is 5130. The van der Waals surface area contributed by atoms with Gasteiger partial charge in [-0.15, -0.1) is 0 Å². The monoisotopic (exact) mass is 1540 g/mol. The van der Waals surface area contributed by atoms with Gasteiger partial charge in [-0.05, 0) is 218 Å². The number of aryl methyl sites for hydroxylation is 7. The molecule has 12 atom stereocenters. The van der Waals surface area contributed by atoms with E-state index in [4.69, 9.17) is 17.7 Å². The lowest BCUT2D eigenvalue weighted by Gasteiger charge is -2.34. The van der Waals surface area contributed by atoms with Gasteiger partial charge in [-0.2, -0.15) is 0 Å². The van der Waals surface area contributed by atoms with Crippen LogP contribution < -0.4 is 21.3 Å². The fourth-order valence-electron chi connectivity index (χ4n) is 18.1. The van der Waals surface area contributed by atoms with Gasteiger partial charge in [-0.25, -0.2) is 44.9 Å². The van der Waals surface area contributed by atoms with Crippen molar-refractivity contribution in [1.82, 2.24) is 79.4 Å². The highest BCUT2D eigenvalue weighted by atomic mass is 16.4. The van der Waals surface area contributed by atoms with E-state index in [-0.39, 0.29) is 72.0 Å². The topological polar surface area (TPSA) is 337 Å². The van der Waals surface area contributed by atoms with Gasteiger partial charge < -0.3 is 58.5 Å². The highest BCUT2D eigenvalue weighted by Gasteiger charge is 2.52. The van der Waals surface area contributed by atoms with Crippen LogP contribution in [-0.2, 0) is 0 Å². The Morgan fingerprint density at radius 2 is 0.730 bits per heavy atom. The van der Waals surface area contributed by atoms with Gasteiger partial charge in [0.2, 0.25) is 23.6 Å². The Kier molecular flexibility index (Phi) is 21.0. The molecule has 115 heavy (non-hydrogen) atoms. The van der Waals surface area contributed by atoms with E-state index in [0.717, 1.165) is 140 Å². The third-order valence-corrected chi connectivity index (χ3v) is 23.4. The molecule has 4 aliphatic heterocycles. The number of piperidine rings is 4. The molecule has 16 heterocycles. The van der Waals surface area contributed by atoms with Gasteiger partial charge in [0.15, 0.2) is 0 Å². The number of amides is 4. The van der Waals surface area contributed by atoms with Gasteiger partial charge >= 0.3 is 0 Å². The quantitative estimate of drug-likeness (QED) is 0.0698. The molecule has 0 aromatic carbocycles. The van der Waals surface area contributed by atoms with Gasteiger partial charge in [-0.3, -0.25) is 34.1 Å². The molecule has 12 aromatic heterocycles. The summed E-state index contributed by atoms with van der Waals surface area (Å²) in [5.41, 5.74) is 11.4. The van der Waals surface area contributed by atoms with Crippen LogP contribution in [-0.4, -0.2) is 178 Å². The van der Waals surface area contributed by atoms with Crippen LogP contribution in [0.25, 0.3) is 45.9 Å². The van der Waals surface area contributed by atoms with Gasteiger partial charge in [0.25, 0.3) is 23.6 Å². The van der Waals surface area contributed by atoms with Crippen LogP contribution in [0, 0.1) is 72.1 Å². The number of carbonyl (C=O) groups is 4. The number of aromatic nitrogens is 12. The second kappa shape index (κ2) is 32.3.